The number of hydrogen-bond acceptors (Lipinski definition) is 7. The van der Waals surface area contributed by atoms with E-state index in [4.69, 9.17) is 9.47 Å². The van der Waals surface area contributed by atoms with E-state index in [1.807, 2.05) is 0 Å². The number of benzene rings is 2. The summed E-state index contributed by atoms with van der Waals surface area (Å²) in [5, 5.41) is 2.17. The Labute approximate surface area is 202 Å². The Kier molecular flexibility index (Phi) is 7.83. The molecule has 1 fully saturated rings. The van der Waals surface area contributed by atoms with Gasteiger partial charge in [0.05, 0.1) is 25.5 Å². The standard InChI is InChI=1S/C26H24N2O7/c1-5-7-18-13-16(15-21(33-3)22(18)35-12-6-2)14-20-23(29)27-26(32)28(24(20)30)19-10-8-17(9-11-19)25(31)34-4/h5-6,8-11,13-15H,1-2,7,12H2,3-4H3,(H,27,29,32)/b20-14+. The Balaban J connectivity index is 2.02. The summed E-state index contributed by atoms with van der Waals surface area (Å²) in [6.07, 6.45) is 5.09. The average Bonchev–Trinajstić information content (AvgIpc) is 2.85. The van der Waals surface area contributed by atoms with Gasteiger partial charge in [-0.05, 0) is 54.5 Å². The van der Waals surface area contributed by atoms with Crippen molar-refractivity contribution >= 4 is 35.6 Å². The number of barbiturate groups is 1. The van der Waals surface area contributed by atoms with Crippen molar-refractivity contribution in [2.45, 2.75) is 6.42 Å². The second kappa shape index (κ2) is 11.0. The van der Waals surface area contributed by atoms with Crippen LogP contribution in [0.4, 0.5) is 10.5 Å². The van der Waals surface area contributed by atoms with E-state index in [1.54, 1.807) is 24.3 Å². The van der Waals surface area contributed by atoms with Crippen LogP contribution < -0.4 is 19.7 Å². The van der Waals surface area contributed by atoms with Crippen molar-refractivity contribution < 1.29 is 33.4 Å². The maximum Gasteiger partial charge on any atom is 0.337 e. The second-order valence-electron chi connectivity index (χ2n) is 7.30. The van der Waals surface area contributed by atoms with E-state index in [1.165, 1.54) is 44.6 Å². The molecule has 0 saturated carbocycles. The molecular formula is C26H24N2O7. The third-order valence-corrected chi connectivity index (χ3v) is 5.04. The van der Waals surface area contributed by atoms with Gasteiger partial charge >= 0.3 is 12.0 Å². The van der Waals surface area contributed by atoms with Crippen LogP contribution in [0.1, 0.15) is 21.5 Å². The van der Waals surface area contributed by atoms with Gasteiger partial charge in [-0.25, -0.2) is 14.5 Å². The van der Waals surface area contributed by atoms with Crippen LogP contribution in [0.5, 0.6) is 11.5 Å². The Bertz CT molecular complexity index is 1230. The minimum Gasteiger partial charge on any atom is -0.493 e. The molecular weight excluding hydrogens is 452 g/mol. The summed E-state index contributed by atoms with van der Waals surface area (Å²) in [5.74, 6) is -1.32. The third kappa shape index (κ3) is 5.30. The molecule has 0 spiro atoms. The van der Waals surface area contributed by atoms with Gasteiger partial charge in [0.1, 0.15) is 12.2 Å². The summed E-state index contributed by atoms with van der Waals surface area (Å²) in [6, 6.07) is 8.10. The molecule has 1 saturated heterocycles. The number of nitrogens with one attached hydrogen (secondary N) is 1. The van der Waals surface area contributed by atoms with Gasteiger partial charge in [0.25, 0.3) is 11.8 Å². The van der Waals surface area contributed by atoms with E-state index >= 15 is 0 Å². The maximum atomic E-state index is 13.2. The van der Waals surface area contributed by atoms with Crippen molar-refractivity contribution in [2.75, 3.05) is 25.7 Å². The molecule has 2 aromatic carbocycles. The molecule has 180 valence electrons. The van der Waals surface area contributed by atoms with Crippen LogP contribution in [-0.4, -0.2) is 44.6 Å². The Morgan fingerprint density at radius 3 is 2.37 bits per heavy atom. The number of imide groups is 2. The summed E-state index contributed by atoms with van der Waals surface area (Å²) >= 11 is 0. The Morgan fingerprint density at radius 2 is 1.77 bits per heavy atom. The molecule has 3 rings (SSSR count). The minimum absolute atomic E-state index is 0.177. The molecule has 1 aliphatic heterocycles. The van der Waals surface area contributed by atoms with E-state index in [2.05, 4.69) is 23.2 Å². The lowest BCUT2D eigenvalue weighted by Crippen LogP contribution is -2.54. The predicted molar refractivity (Wildman–Crippen MR) is 129 cm³/mol. The quantitative estimate of drug-likeness (QED) is 0.255. The lowest BCUT2D eigenvalue weighted by Gasteiger charge is -2.26. The SMILES string of the molecule is C=CCOc1c(CC=C)cc(/C=C2\C(=O)NC(=O)N(c3ccc(C(=O)OC)cc3)C2=O)cc1OC. The molecule has 9 heteroatoms. The van der Waals surface area contributed by atoms with Gasteiger partial charge in [-0.15, -0.1) is 6.58 Å². The van der Waals surface area contributed by atoms with E-state index in [9.17, 15) is 19.2 Å². The fraction of sp³-hybridized carbons (Fsp3) is 0.154. The maximum absolute atomic E-state index is 13.2. The lowest BCUT2D eigenvalue weighted by atomic mass is 10.0. The van der Waals surface area contributed by atoms with Gasteiger partial charge in [0, 0.05) is 5.56 Å². The molecule has 1 heterocycles. The first-order valence-corrected chi connectivity index (χ1v) is 10.5. The van der Waals surface area contributed by atoms with Gasteiger partial charge in [0.15, 0.2) is 11.5 Å². The first-order valence-electron chi connectivity index (χ1n) is 10.5. The number of carbonyl (C=O) groups excluding carboxylic acids is 4. The number of anilines is 1. The highest BCUT2D eigenvalue weighted by molar-refractivity contribution is 6.39. The highest BCUT2D eigenvalue weighted by Crippen LogP contribution is 2.35. The highest BCUT2D eigenvalue weighted by atomic mass is 16.5. The van der Waals surface area contributed by atoms with Crippen molar-refractivity contribution in [1.82, 2.24) is 5.32 Å². The van der Waals surface area contributed by atoms with Gasteiger partial charge in [-0.2, -0.15) is 0 Å². The monoisotopic (exact) mass is 476 g/mol. The number of amides is 4. The number of hydrogen-bond donors (Lipinski definition) is 1. The Morgan fingerprint density at radius 1 is 1.06 bits per heavy atom. The number of urea groups is 1. The first kappa shape index (κ1) is 25.0. The van der Waals surface area contributed by atoms with Crippen molar-refractivity contribution in [3.05, 3.63) is 84.0 Å². The molecule has 0 radical (unpaired) electrons. The normalized spacial score (nSPS) is 14.4. The van der Waals surface area contributed by atoms with Gasteiger partial charge in [-0.3, -0.25) is 14.9 Å². The van der Waals surface area contributed by atoms with Crippen LogP contribution in [0, 0.1) is 0 Å². The van der Waals surface area contributed by atoms with Gasteiger partial charge in [-0.1, -0.05) is 18.7 Å². The zero-order valence-corrected chi connectivity index (χ0v) is 19.3. The smallest absolute Gasteiger partial charge is 0.337 e. The number of ether oxygens (including phenoxy) is 3. The fourth-order valence-electron chi connectivity index (χ4n) is 3.45. The summed E-state index contributed by atoms with van der Waals surface area (Å²) in [7, 11) is 2.72. The highest BCUT2D eigenvalue weighted by Gasteiger charge is 2.37. The van der Waals surface area contributed by atoms with Crippen LogP contribution >= 0.6 is 0 Å². The number of esters is 1. The van der Waals surface area contributed by atoms with Crippen LogP contribution in [-0.2, 0) is 20.7 Å². The molecule has 0 bridgehead atoms. The zero-order valence-electron chi connectivity index (χ0n) is 19.3. The molecule has 0 aromatic heterocycles. The zero-order chi connectivity index (χ0) is 25.5. The number of methoxy groups -OCH3 is 2. The summed E-state index contributed by atoms with van der Waals surface area (Å²) < 4.78 is 15.8. The van der Waals surface area contributed by atoms with Crippen LogP contribution in [0.25, 0.3) is 6.08 Å². The van der Waals surface area contributed by atoms with Gasteiger partial charge in [0.2, 0.25) is 0 Å². The number of rotatable bonds is 9. The van der Waals surface area contributed by atoms with E-state index in [0.717, 1.165) is 10.5 Å². The Hall–Kier alpha value is -4.66. The molecule has 4 amide bonds. The topological polar surface area (TPSA) is 111 Å². The summed E-state index contributed by atoms with van der Waals surface area (Å²) in [5.41, 5.74) is 1.37. The lowest BCUT2D eigenvalue weighted by molar-refractivity contribution is -0.122. The first-order chi connectivity index (χ1) is 16.8. The number of nitrogens with zero attached hydrogens (tertiary/aromatic N) is 1. The third-order valence-electron chi connectivity index (χ3n) is 5.04. The summed E-state index contributed by atoms with van der Waals surface area (Å²) in [4.78, 5) is 50.7. The molecule has 1 N–H and O–H groups in total. The molecule has 0 unspecified atom stereocenters. The van der Waals surface area contributed by atoms with Gasteiger partial charge < -0.3 is 14.2 Å². The predicted octanol–water partition coefficient (Wildman–Crippen LogP) is 3.44. The molecule has 35 heavy (non-hydrogen) atoms. The van der Waals surface area contributed by atoms with Crippen molar-refractivity contribution in [3.63, 3.8) is 0 Å². The molecule has 1 aliphatic rings. The molecule has 0 atom stereocenters. The van der Waals surface area contributed by atoms with E-state index in [0.29, 0.717) is 23.5 Å². The van der Waals surface area contributed by atoms with Crippen LogP contribution in [0.2, 0.25) is 0 Å². The second-order valence-corrected chi connectivity index (χ2v) is 7.30. The van der Waals surface area contributed by atoms with E-state index in [-0.39, 0.29) is 23.4 Å². The molecule has 0 aliphatic carbocycles. The van der Waals surface area contributed by atoms with Crippen molar-refractivity contribution in [2.24, 2.45) is 0 Å². The van der Waals surface area contributed by atoms with Crippen LogP contribution in [0.15, 0.2) is 67.3 Å². The molecule has 2 aromatic rings. The van der Waals surface area contributed by atoms with Crippen molar-refractivity contribution in [3.8, 4) is 11.5 Å². The average molecular weight is 476 g/mol. The minimum atomic E-state index is -0.902. The molecule has 9 nitrogen and oxygen atoms in total. The fourth-order valence-corrected chi connectivity index (χ4v) is 3.45. The number of carbonyl (C=O) groups is 4. The summed E-state index contributed by atoms with van der Waals surface area (Å²) in [6.45, 7) is 7.65. The largest absolute Gasteiger partial charge is 0.493 e. The van der Waals surface area contributed by atoms with Crippen molar-refractivity contribution in [1.29, 1.82) is 0 Å². The van der Waals surface area contributed by atoms with E-state index < -0.39 is 23.8 Å². The number of allylic oxidation sites excluding steroid dienone is 1. The van der Waals surface area contributed by atoms with Crippen LogP contribution in [0.3, 0.4) is 0 Å².